The Bertz CT molecular complexity index is 1150. The van der Waals surface area contributed by atoms with Crippen LogP contribution in [0.3, 0.4) is 0 Å². The molecule has 0 aliphatic carbocycles. The van der Waals surface area contributed by atoms with Gasteiger partial charge >= 0.3 is 0 Å². The number of rotatable bonds is 6. The van der Waals surface area contributed by atoms with Gasteiger partial charge in [0.15, 0.2) is 5.82 Å². The molecule has 0 saturated heterocycles. The van der Waals surface area contributed by atoms with Crippen LogP contribution >= 0.6 is 11.8 Å². The summed E-state index contributed by atoms with van der Waals surface area (Å²) in [5.41, 5.74) is 1.51. The van der Waals surface area contributed by atoms with Crippen LogP contribution in [0.15, 0.2) is 83.8 Å². The van der Waals surface area contributed by atoms with Crippen molar-refractivity contribution in [3.8, 4) is 5.69 Å². The van der Waals surface area contributed by atoms with Crippen molar-refractivity contribution in [2.45, 2.75) is 17.1 Å². The van der Waals surface area contributed by atoms with Crippen molar-refractivity contribution in [3.05, 3.63) is 96.1 Å². The summed E-state index contributed by atoms with van der Waals surface area (Å²) in [5.74, 6) is -0.248. The number of aromatic nitrogens is 4. The van der Waals surface area contributed by atoms with Gasteiger partial charge in [0.1, 0.15) is 16.8 Å². The van der Waals surface area contributed by atoms with Crippen LogP contribution < -0.4 is 5.32 Å². The van der Waals surface area contributed by atoms with Crippen LogP contribution in [0.5, 0.6) is 0 Å². The van der Waals surface area contributed by atoms with E-state index < -0.39 is 11.1 Å². The van der Waals surface area contributed by atoms with E-state index in [4.69, 9.17) is 0 Å². The van der Waals surface area contributed by atoms with Gasteiger partial charge in [0.2, 0.25) is 5.91 Å². The maximum Gasteiger partial charge on any atom is 0.242 e. The molecule has 150 valence electrons. The van der Waals surface area contributed by atoms with Crippen molar-refractivity contribution >= 4 is 23.4 Å². The van der Waals surface area contributed by atoms with Crippen LogP contribution in [0.2, 0.25) is 0 Å². The van der Waals surface area contributed by atoms with Crippen LogP contribution in [0.1, 0.15) is 16.6 Å². The van der Waals surface area contributed by atoms with E-state index in [0.29, 0.717) is 11.5 Å². The number of nitrogens with zero attached hydrogens (tertiary/aromatic N) is 4. The number of carbonyl (C=O) groups is 1. The molecule has 1 unspecified atom stereocenters. The molecule has 1 atom stereocenters. The number of amides is 1. The Labute approximate surface area is 177 Å². The van der Waals surface area contributed by atoms with E-state index >= 15 is 0 Å². The summed E-state index contributed by atoms with van der Waals surface area (Å²) in [6.45, 7) is 1.67. The molecular weight excluding hydrogens is 401 g/mol. The third kappa shape index (κ3) is 4.38. The predicted octanol–water partition coefficient (Wildman–Crippen LogP) is 4.58. The highest BCUT2D eigenvalue weighted by molar-refractivity contribution is 8.00. The first-order valence-electron chi connectivity index (χ1n) is 9.24. The number of aryl methyl sites for hydroxylation is 1. The fourth-order valence-electron chi connectivity index (χ4n) is 2.95. The molecule has 0 bridgehead atoms. The van der Waals surface area contributed by atoms with Crippen LogP contribution in [0, 0.1) is 12.7 Å². The number of carbonyl (C=O) groups excluding carboxylic acids is 1. The average molecular weight is 419 g/mol. The van der Waals surface area contributed by atoms with E-state index in [9.17, 15) is 9.18 Å². The number of hydrogen-bond donors (Lipinski definition) is 1. The minimum absolute atomic E-state index is 0.169. The maximum atomic E-state index is 14.3. The highest BCUT2D eigenvalue weighted by Gasteiger charge is 2.22. The molecule has 0 radical (unpaired) electrons. The molecule has 4 aromatic rings. The zero-order valence-electron chi connectivity index (χ0n) is 16.1. The summed E-state index contributed by atoms with van der Waals surface area (Å²) in [6.07, 6.45) is 0. The van der Waals surface area contributed by atoms with Crippen molar-refractivity contribution in [3.63, 3.8) is 0 Å². The fourth-order valence-corrected chi connectivity index (χ4v) is 4.00. The van der Waals surface area contributed by atoms with Crippen molar-refractivity contribution in [2.75, 3.05) is 5.32 Å². The van der Waals surface area contributed by atoms with E-state index in [-0.39, 0.29) is 11.6 Å². The van der Waals surface area contributed by atoms with Crippen LogP contribution in [-0.4, -0.2) is 26.1 Å². The Hall–Kier alpha value is -3.52. The van der Waals surface area contributed by atoms with E-state index in [1.165, 1.54) is 34.6 Å². The van der Waals surface area contributed by atoms with Crippen molar-refractivity contribution < 1.29 is 9.18 Å². The molecule has 0 aliphatic rings. The highest BCUT2D eigenvalue weighted by atomic mass is 32.2. The molecular formula is C22H18FN5OS. The standard InChI is InChI=1S/C22H18FN5OS/c1-15-25-26-27-28(15)20-14-17(12-13-19(20)23)24-22(29)21(16-8-4-2-5-9-16)30-18-10-6-3-7-11-18/h2-14,21H,1H3,(H,24,29). The Kier molecular flexibility index (Phi) is 5.85. The quantitative estimate of drug-likeness (QED) is 0.463. The van der Waals surface area contributed by atoms with Crippen LogP contribution in [-0.2, 0) is 4.79 Å². The van der Waals surface area contributed by atoms with Gasteiger partial charge in [0, 0.05) is 10.6 Å². The fraction of sp³-hybridized carbons (Fsp3) is 0.0909. The summed E-state index contributed by atoms with van der Waals surface area (Å²) < 4.78 is 15.6. The molecule has 1 aromatic heterocycles. The first-order chi connectivity index (χ1) is 14.6. The topological polar surface area (TPSA) is 72.7 Å². The van der Waals surface area contributed by atoms with Gasteiger partial charge in [-0.2, -0.15) is 4.68 Å². The third-order valence-electron chi connectivity index (χ3n) is 4.40. The first-order valence-corrected chi connectivity index (χ1v) is 10.1. The average Bonchev–Trinajstić information content (AvgIpc) is 3.20. The smallest absolute Gasteiger partial charge is 0.242 e. The monoisotopic (exact) mass is 419 g/mol. The molecule has 0 fully saturated rings. The van der Waals surface area contributed by atoms with E-state index in [2.05, 4.69) is 20.8 Å². The lowest BCUT2D eigenvalue weighted by Gasteiger charge is -2.17. The number of halogens is 1. The second kappa shape index (κ2) is 8.87. The Morgan fingerprint density at radius 3 is 2.40 bits per heavy atom. The molecule has 6 nitrogen and oxygen atoms in total. The minimum Gasteiger partial charge on any atom is -0.325 e. The number of nitrogens with one attached hydrogen (secondary N) is 1. The molecule has 3 aromatic carbocycles. The number of tetrazole rings is 1. The summed E-state index contributed by atoms with van der Waals surface area (Å²) in [7, 11) is 0. The molecule has 0 saturated carbocycles. The minimum atomic E-state index is -0.485. The normalized spacial score (nSPS) is 11.8. The number of benzene rings is 3. The predicted molar refractivity (Wildman–Crippen MR) is 114 cm³/mol. The molecule has 1 N–H and O–H groups in total. The molecule has 30 heavy (non-hydrogen) atoms. The third-order valence-corrected chi connectivity index (χ3v) is 5.67. The van der Waals surface area contributed by atoms with Gasteiger partial charge in [-0.05, 0) is 53.2 Å². The summed E-state index contributed by atoms with van der Waals surface area (Å²) >= 11 is 1.45. The van der Waals surface area contributed by atoms with Crippen molar-refractivity contribution in [1.82, 2.24) is 20.2 Å². The number of hydrogen-bond acceptors (Lipinski definition) is 5. The number of anilines is 1. The molecule has 8 heteroatoms. The highest BCUT2D eigenvalue weighted by Crippen LogP contribution is 2.36. The lowest BCUT2D eigenvalue weighted by atomic mass is 10.1. The van der Waals surface area contributed by atoms with Crippen LogP contribution in [0.25, 0.3) is 5.69 Å². The first kappa shape index (κ1) is 19.8. The second-order valence-electron chi connectivity index (χ2n) is 6.51. The Morgan fingerprint density at radius 1 is 1.03 bits per heavy atom. The van der Waals surface area contributed by atoms with E-state index in [1.807, 2.05) is 60.7 Å². The molecule has 1 amide bonds. The summed E-state index contributed by atoms with van der Waals surface area (Å²) in [5, 5.41) is 13.6. The summed E-state index contributed by atoms with van der Waals surface area (Å²) in [4.78, 5) is 14.2. The van der Waals surface area contributed by atoms with Gasteiger partial charge in [-0.1, -0.05) is 48.5 Å². The number of thioether (sulfide) groups is 1. The van der Waals surface area contributed by atoms with Crippen molar-refractivity contribution in [2.24, 2.45) is 0 Å². The van der Waals surface area contributed by atoms with Gasteiger partial charge < -0.3 is 5.32 Å². The lowest BCUT2D eigenvalue weighted by molar-refractivity contribution is -0.115. The van der Waals surface area contributed by atoms with Crippen molar-refractivity contribution in [1.29, 1.82) is 0 Å². The largest absolute Gasteiger partial charge is 0.325 e. The van der Waals surface area contributed by atoms with Gasteiger partial charge in [-0.3, -0.25) is 4.79 Å². The molecule has 0 spiro atoms. The Morgan fingerprint density at radius 2 is 1.73 bits per heavy atom. The zero-order chi connectivity index (χ0) is 20.9. The summed E-state index contributed by atoms with van der Waals surface area (Å²) in [6, 6.07) is 23.6. The SMILES string of the molecule is Cc1nnnn1-c1cc(NC(=O)C(Sc2ccccc2)c2ccccc2)ccc1F. The molecule has 1 heterocycles. The van der Waals surface area contributed by atoms with Gasteiger partial charge in [0.05, 0.1) is 0 Å². The van der Waals surface area contributed by atoms with Gasteiger partial charge in [-0.15, -0.1) is 16.9 Å². The molecule has 4 rings (SSSR count). The van der Waals surface area contributed by atoms with Gasteiger partial charge in [0.25, 0.3) is 0 Å². The molecule has 0 aliphatic heterocycles. The van der Waals surface area contributed by atoms with Crippen LogP contribution in [0.4, 0.5) is 10.1 Å². The van der Waals surface area contributed by atoms with E-state index in [1.54, 1.807) is 6.92 Å². The zero-order valence-corrected chi connectivity index (χ0v) is 16.9. The van der Waals surface area contributed by atoms with E-state index in [0.717, 1.165) is 10.5 Å². The second-order valence-corrected chi connectivity index (χ2v) is 7.69. The van der Waals surface area contributed by atoms with Gasteiger partial charge in [-0.25, -0.2) is 4.39 Å². The lowest BCUT2D eigenvalue weighted by Crippen LogP contribution is -2.19. The Balaban J connectivity index is 1.62. The maximum absolute atomic E-state index is 14.3.